The molecule has 1 aliphatic rings. The van der Waals surface area contributed by atoms with Gasteiger partial charge in [0.2, 0.25) is 0 Å². The van der Waals surface area contributed by atoms with E-state index in [4.69, 9.17) is 10.5 Å². The van der Waals surface area contributed by atoms with E-state index in [-0.39, 0.29) is 24.4 Å². The van der Waals surface area contributed by atoms with Gasteiger partial charge < -0.3 is 20.7 Å². The minimum Gasteiger partial charge on any atom is -0.497 e. The van der Waals surface area contributed by atoms with E-state index in [0.717, 1.165) is 11.3 Å². The summed E-state index contributed by atoms with van der Waals surface area (Å²) in [6.45, 7) is 1.67. The molecule has 4 N–H and O–H groups in total. The van der Waals surface area contributed by atoms with E-state index in [9.17, 15) is 10.2 Å². The second kappa shape index (κ2) is 6.09. The van der Waals surface area contributed by atoms with Crippen LogP contribution in [-0.4, -0.2) is 35.1 Å². The van der Waals surface area contributed by atoms with E-state index < -0.39 is 11.7 Å². The molecule has 5 heteroatoms. The Labute approximate surface area is 120 Å². The zero-order valence-electron chi connectivity index (χ0n) is 11.2. The van der Waals surface area contributed by atoms with Crippen molar-refractivity contribution < 1.29 is 14.9 Å². The molecule has 0 amide bonds. The maximum Gasteiger partial charge on any atom is 0.118 e. The van der Waals surface area contributed by atoms with Crippen LogP contribution in [0.25, 0.3) is 0 Å². The number of aliphatic hydroxyl groups is 2. The Hall–Kier alpha value is -0.810. The van der Waals surface area contributed by atoms with Gasteiger partial charge in [-0.2, -0.15) is 0 Å². The lowest BCUT2D eigenvalue weighted by molar-refractivity contribution is -0.0962. The van der Waals surface area contributed by atoms with Crippen LogP contribution in [0.3, 0.4) is 0 Å². The molecule has 1 aliphatic carbocycles. The van der Waals surface area contributed by atoms with Crippen molar-refractivity contribution >= 4 is 12.4 Å². The summed E-state index contributed by atoms with van der Waals surface area (Å²) in [6, 6.07) is 7.59. The average molecular weight is 288 g/mol. The summed E-state index contributed by atoms with van der Waals surface area (Å²) in [5.74, 6) is 0.865. The SMILES string of the molecule is COc1ccc(C2CC(C)(O)C(O)CC2N)cc1.Cl. The van der Waals surface area contributed by atoms with E-state index >= 15 is 0 Å². The number of halogens is 1. The first-order valence-electron chi connectivity index (χ1n) is 6.24. The Kier molecular flexibility index (Phi) is 5.21. The molecule has 4 unspecified atom stereocenters. The van der Waals surface area contributed by atoms with Crippen LogP contribution in [0, 0.1) is 0 Å². The van der Waals surface area contributed by atoms with Crippen LogP contribution in [-0.2, 0) is 0 Å². The van der Waals surface area contributed by atoms with Gasteiger partial charge >= 0.3 is 0 Å². The van der Waals surface area contributed by atoms with Crippen molar-refractivity contribution in [3.05, 3.63) is 29.8 Å². The average Bonchev–Trinajstić information content (AvgIpc) is 2.34. The molecule has 4 atom stereocenters. The number of rotatable bonds is 2. The standard InChI is InChI=1S/C14H21NO3.ClH/c1-14(17)8-11(12(15)7-13(14)16)9-3-5-10(18-2)6-4-9;/h3-6,11-13,16-17H,7-8,15H2,1-2H3;1H. The van der Waals surface area contributed by atoms with Crippen LogP contribution in [0.1, 0.15) is 31.2 Å². The number of benzene rings is 1. The smallest absolute Gasteiger partial charge is 0.118 e. The summed E-state index contributed by atoms with van der Waals surface area (Å²) in [4.78, 5) is 0. The Bertz CT molecular complexity index is 408. The zero-order chi connectivity index (χ0) is 13.3. The second-order valence-electron chi connectivity index (χ2n) is 5.36. The second-order valence-corrected chi connectivity index (χ2v) is 5.36. The lowest BCUT2D eigenvalue weighted by atomic mass is 9.72. The summed E-state index contributed by atoms with van der Waals surface area (Å²) >= 11 is 0. The van der Waals surface area contributed by atoms with Crippen molar-refractivity contribution in [2.75, 3.05) is 7.11 Å². The lowest BCUT2D eigenvalue weighted by Crippen LogP contribution is -2.51. The van der Waals surface area contributed by atoms with Crippen molar-refractivity contribution in [3.63, 3.8) is 0 Å². The quantitative estimate of drug-likeness (QED) is 0.769. The third kappa shape index (κ3) is 3.39. The van der Waals surface area contributed by atoms with Gasteiger partial charge in [0.25, 0.3) is 0 Å². The first-order valence-corrected chi connectivity index (χ1v) is 6.24. The fourth-order valence-electron chi connectivity index (χ4n) is 2.62. The Morgan fingerprint density at radius 2 is 1.89 bits per heavy atom. The van der Waals surface area contributed by atoms with Gasteiger partial charge in [0.15, 0.2) is 0 Å². The van der Waals surface area contributed by atoms with E-state index in [2.05, 4.69) is 0 Å². The Morgan fingerprint density at radius 1 is 1.32 bits per heavy atom. The first kappa shape index (κ1) is 16.2. The van der Waals surface area contributed by atoms with Crippen LogP contribution in [0.15, 0.2) is 24.3 Å². The van der Waals surface area contributed by atoms with Crippen LogP contribution in [0.2, 0.25) is 0 Å². The molecule has 1 aromatic rings. The molecule has 0 aromatic heterocycles. The highest BCUT2D eigenvalue weighted by Gasteiger charge is 2.42. The number of ether oxygens (including phenoxy) is 1. The van der Waals surface area contributed by atoms with Crippen LogP contribution in [0.5, 0.6) is 5.75 Å². The Balaban J connectivity index is 0.00000180. The fourth-order valence-corrected chi connectivity index (χ4v) is 2.62. The molecule has 0 heterocycles. The van der Waals surface area contributed by atoms with Gasteiger partial charge in [0.1, 0.15) is 5.75 Å². The normalized spacial score (nSPS) is 34.5. The molecule has 1 saturated carbocycles. The minimum atomic E-state index is -1.07. The molecule has 0 spiro atoms. The van der Waals surface area contributed by atoms with Crippen molar-refractivity contribution in [2.24, 2.45) is 5.73 Å². The molecule has 0 saturated heterocycles. The van der Waals surface area contributed by atoms with Gasteiger partial charge in [-0.25, -0.2) is 0 Å². The predicted octanol–water partition coefficient (Wildman–Crippen LogP) is 1.43. The fraction of sp³-hybridized carbons (Fsp3) is 0.571. The minimum absolute atomic E-state index is 0. The molecule has 19 heavy (non-hydrogen) atoms. The molecule has 0 aliphatic heterocycles. The number of hydrogen-bond acceptors (Lipinski definition) is 4. The van der Waals surface area contributed by atoms with Crippen molar-refractivity contribution in [1.29, 1.82) is 0 Å². The number of hydrogen-bond donors (Lipinski definition) is 3. The van der Waals surface area contributed by atoms with E-state index in [1.54, 1.807) is 14.0 Å². The van der Waals surface area contributed by atoms with Gasteiger partial charge in [-0.3, -0.25) is 0 Å². The molecule has 1 aromatic carbocycles. The van der Waals surface area contributed by atoms with Crippen LogP contribution in [0.4, 0.5) is 0 Å². The van der Waals surface area contributed by atoms with Crippen LogP contribution >= 0.6 is 12.4 Å². The van der Waals surface area contributed by atoms with E-state index in [0.29, 0.717) is 12.8 Å². The topological polar surface area (TPSA) is 75.7 Å². The lowest BCUT2D eigenvalue weighted by Gasteiger charge is -2.42. The summed E-state index contributed by atoms with van der Waals surface area (Å²) in [7, 11) is 1.63. The monoisotopic (exact) mass is 287 g/mol. The highest BCUT2D eigenvalue weighted by molar-refractivity contribution is 5.85. The Morgan fingerprint density at radius 3 is 2.42 bits per heavy atom. The van der Waals surface area contributed by atoms with Gasteiger partial charge in [0, 0.05) is 12.0 Å². The summed E-state index contributed by atoms with van der Waals surface area (Å²) < 4.78 is 5.12. The maximum absolute atomic E-state index is 10.2. The highest BCUT2D eigenvalue weighted by Crippen LogP contribution is 2.38. The van der Waals surface area contributed by atoms with Gasteiger partial charge in [-0.05, 0) is 37.5 Å². The molecule has 108 valence electrons. The van der Waals surface area contributed by atoms with Crippen molar-refractivity contribution in [2.45, 2.75) is 43.4 Å². The summed E-state index contributed by atoms with van der Waals surface area (Å²) in [5.41, 5.74) is 6.10. The van der Waals surface area contributed by atoms with Gasteiger partial charge in [-0.1, -0.05) is 12.1 Å². The zero-order valence-corrected chi connectivity index (χ0v) is 12.1. The predicted molar refractivity (Wildman–Crippen MR) is 76.8 cm³/mol. The summed E-state index contributed by atoms with van der Waals surface area (Å²) in [5, 5.41) is 20.0. The van der Waals surface area contributed by atoms with Crippen LogP contribution < -0.4 is 10.5 Å². The molecule has 1 fully saturated rings. The number of nitrogens with two attached hydrogens (primary N) is 1. The third-order valence-electron chi connectivity index (χ3n) is 3.91. The molecule has 0 bridgehead atoms. The number of methoxy groups -OCH3 is 1. The third-order valence-corrected chi connectivity index (χ3v) is 3.91. The highest BCUT2D eigenvalue weighted by atomic mass is 35.5. The van der Waals surface area contributed by atoms with Gasteiger partial charge in [0.05, 0.1) is 18.8 Å². The van der Waals surface area contributed by atoms with Crippen molar-refractivity contribution in [3.8, 4) is 5.75 Å². The maximum atomic E-state index is 10.2. The first-order chi connectivity index (χ1) is 8.44. The molecule has 2 rings (SSSR count). The number of aliphatic hydroxyl groups excluding tert-OH is 1. The molecular formula is C14H22ClNO3. The summed E-state index contributed by atoms with van der Waals surface area (Å²) in [6.07, 6.45) is 0.146. The van der Waals surface area contributed by atoms with E-state index in [1.807, 2.05) is 24.3 Å². The van der Waals surface area contributed by atoms with E-state index in [1.165, 1.54) is 0 Å². The molecular weight excluding hydrogens is 266 g/mol. The molecule has 4 nitrogen and oxygen atoms in total. The largest absolute Gasteiger partial charge is 0.497 e. The van der Waals surface area contributed by atoms with Gasteiger partial charge in [-0.15, -0.1) is 12.4 Å². The molecule has 0 radical (unpaired) electrons. The van der Waals surface area contributed by atoms with Crippen molar-refractivity contribution in [1.82, 2.24) is 0 Å².